The Morgan fingerprint density at radius 3 is 3.00 bits per heavy atom. The number of hydrogen-bond acceptors (Lipinski definition) is 2. The molecule has 2 N–H and O–H groups in total. The first-order valence-electron chi connectivity index (χ1n) is 4.73. The van der Waals surface area contributed by atoms with Crippen LogP contribution in [0.4, 0.5) is 0 Å². The molecule has 0 saturated carbocycles. The molecule has 0 aliphatic heterocycles. The Kier molecular flexibility index (Phi) is 2.99. The van der Waals surface area contributed by atoms with Gasteiger partial charge >= 0.3 is 0 Å². The molecule has 0 aliphatic carbocycles. The molecule has 2 nitrogen and oxygen atoms in total. The summed E-state index contributed by atoms with van der Waals surface area (Å²) in [6.45, 7) is 0.500. The number of aromatic nitrogens is 1. The quantitative estimate of drug-likeness (QED) is 0.842. The zero-order chi connectivity index (χ0) is 10.7. The molecular weight excluding hydrogens is 208 g/mol. The van der Waals surface area contributed by atoms with Crippen molar-refractivity contribution in [2.45, 2.75) is 0 Å². The van der Waals surface area contributed by atoms with Crippen LogP contribution in [0.25, 0.3) is 17.0 Å². The van der Waals surface area contributed by atoms with Gasteiger partial charge in [-0.15, -0.1) is 0 Å². The van der Waals surface area contributed by atoms with E-state index in [1.54, 1.807) is 6.20 Å². The monoisotopic (exact) mass is 218 g/mol. The minimum absolute atomic E-state index is 0.500. The van der Waals surface area contributed by atoms with Gasteiger partial charge in [0.05, 0.1) is 5.52 Å². The van der Waals surface area contributed by atoms with Gasteiger partial charge in [0, 0.05) is 28.7 Å². The maximum absolute atomic E-state index is 6.11. The van der Waals surface area contributed by atoms with Crippen molar-refractivity contribution >= 4 is 28.6 Å². The Morgan fingerprint density at radius 2 is 2.20 bits per heavy atom. The average Bonchev–Trinajstić information content (AvgIpc) is 2.28. The van der Waals surface area contributed by atoms with Crippen molar-refractivity contribution < 1.29 is 0 Å². The fourth-order valence-electron chi connectivity index (χ4n) is 1.49. The molecule has 76 valence electrons. The summed E-state index contributed by atoms with van der Waals surface area (Å²) in [5, 5.41) is 1.78. The minimum Gasteiger partial charge on any atom is -0.327 e. The van der Waals surface area contributed by atoms with Gasteiger partial charge in [0.1, 0.15) is 0 Å². The van der Waals surface area contributed by atoms with E-state index in [4.69, 9.17) is 17.3 Å². The number of benzene rings is 1. The van der Waals surface area contributed by atoms with Crippen LogP contribution >= 0.6 is 11.6 Å². The molecule has 1 heterocycles. The zero-order valence-corrected chi connectivity index (χ0v) is 8.91. The van der Waals surface area contributed by atoms with Crippen LogP contribution in [-0.2, 0) is 0 Å². The van der Waals surface area contributed by atoms with Gasteiger partial charge in [-0.2, -0.15) is 0 Å². The molecule has 0 saturated heterocycles. The summed E-state index contributed by atoms with van der Waals surface area (Å²) in [6.07, 6.45) is 5.55. The Labute approximate surface area is 93.4 Å². The van der Waals surface area contributed by atoms with Crippen molar-refractivity contribution in [3.8, 4) is 0 Å². The number of hydrogen-bond donors (Lipinski definition) is 1. The highest BCUT2D eigenvalue weighted by atomic mass is 35.5. The highest BCUT2D eigenvalue weighted by Gasteiger charge is 2.03. The summed E-state index contributed by atoms with van der Waals surface area (Å²) in [7, 11) is 0. The fraction of sp³-hybridized carbons (Fsp3) is 0.0833. The Hall–Kier alpha value is -1.38. The zero-order valence-electron chi connectivity index (χ0n) is 8.15. The van der Waals surface area contributed by atoms with E-state index in [9.17, 15) is 0 Å². The normalized spacial score (nSPS) is 11.3. The summed E-state index contributed by atoms with van der Waals surface area (Å²) in [5.74, 6) is 0. The van der Waals surface area contributed by atoms with Crippen molar-refractivity contribution in [2.75, 3.05) is 6.54 Å². The van der Waals surface area contributed by atoms with Gasteiger partial charge < -0.3 is 5.73 Å². The van der Waals surface area contributed by atoms with E-state index in [0.717, 1.165) is 16.5 Å². The topological polar surface area (TPSA) is 38.9 Å². The van der Waals surface area contributed by atoms with E-state index in [2.05, 4.69) is 4.98 Å². The third-order valence-corrected chi connectivity index (χ3v) is 2.51. The Balaban J connectivity index is 2.68. The molecule has 2 aromatic rings. The van der Waals surface area contributed by atoms with Crippen LogP contribution in [0, 0.1) is 0 Å². The maximum atomic E-state index is 6.11. The van der Waals surface area contributed by atoms with E-state index >= 15 is 0 Å². The second-order valence-corrected chi connectivity index (χ2v) is 3.58. The molecule has 3 heteroatoms. The average molecular weight is 219 g/mol. The third kappa shape index (κ3) is 2.01. The lowest BCUT2D eigenvalue weighted by atomic mass is 10.1. The van der Waals surface area contributed by atoms with E-state index in [1.165, 1.54) is 0 Å². The van der Waals surface area contributed by atoms with Crippen LogP contribution in [0.15, 0.2) is 36.5 Å². The maximum Gasteiger partial charge on any atom is 0.0789 e. The lowest BCUT2D eigenvalue weighted by Gasteiger charge is -2.03. The molecule has 2 rings (SSSR count). The minimum atomic E-state index is 0.500. The third-order valence-electron chi connectivity index (χ3n) is 2.18. The van der Waals surface area contributed by atoms with Gasteiger partial charge in [0.25, 0.3) is 0 Å². The van der Waals surface area contributed by atoms with Gasteiger partial charge in [-0.25, -0.2) is 0 Å². The predicted octanol–water partition coefficient (Wildman–Crippen LogP) is 2.86. The highest BCUT2D eigenvalue weighted by Crippen LogP contribution is 2.25. The van der Waals surface area contributed by atoms with E-state index in [0.29, 0.717) is 11.6 Å². The molecule has 0 bridgehead atoms. The largest absolute Gasteiger partial charge is 0.327 e. The molecular formula is C12H11ClN2. The summed E-state index contributed by atoms with van der Waals surface area (Å²) in [5.41, 5.74) is 7.26. The van der Waals surface area contributed by atoms with Crippen LogP contribution in [0.1, 0.15) is 5.56 Å². The second-order valence-electron chi connectivity index (χ2n) is 3.17. The van der Waals surface area contributed by atoms with Crippen LogP contribution in [-0.4, -0.2) is 11.5 Å². The highest BCUT2D eigenvalue weighted by molar-refractivity contribution is 6.33. The molecule has 0 radical (unpaired) electrons. The van der Waals surface area contributed by atoms with Gasteiger partial charge in [0.2, 0.25) is 0 Å². The number of fused-ring (bicyclic) bond motifs is 1. The summed E-state index contributed by atoms with van der Waals surface area (Å²) >= 11 is 6.11. The SMILES string of the molecule is NC/C=C/c1c(Cl)ccc2cccnc12. The first-order valence-corrected chi connectivity index (χ1v) is 5.10. The molecule has 0 amide bonds. The Bertz CT molecular complexity index is 506. The number of rotatable bonds is 2. The predicted molar refractivity (Wildman–Crippen MR) is 64.8 cm³/mol. The molecule has 0 atom stereocenters. The molecule has 0 fully saturated rings. The van der Waals surface area contributed by atoms with E-state index in [1.807, 2.05) is 36.4 Å². The van der Waals surface area contributed by atoms with Crippen LogP contribution in [0.5, 0.6) is 0 Å². The summed E-state index contributed by atoms with van der Waals surface area (Å²) < 4.78 is 0. The van der Waals surface area contributed by atoms with E-state index in [-0.39, 0.29) is 0 Å². The first-order chi connectivity index (χ1) is 7.33. The van der Waals surface area contributed by atoms with Crippen LogP contribution < -0.4 is 5.73 Å². The molecule has 1 aromatic carbocycles. The molecule has 0 unspecified atom stereocenters. The lowest BCUT2D eigenvalue weighted by molar-refractivity contribution is 1.26. The number of nitrogens with two attached hydrogens (primary N) is 1. The standard InChI is InChI=1S/C12H11ClN2/c13-11-6-5-9-3-2-8-15-12(9)10(11)4-1-7-14/h1-6,8H,7,14H2/b4-1+. The van der Waals surface area contributed by atoms with Crippen LogP contribution in [0.2, 0.25) is 5.02 Å². The summed E-state index contributed by atoms with van der Waals surface area (Å²) in [4.78, 5) is 4.32. The van der Waals surface area contributed by atoms with E-state index < -0.39 is 0 Å². The fourth-order valence-corrected chi connectivity index (χ4v) is 1.70. The van der Waals surface area contributed by atoms with Crippen LogP contribution in [0.3, 0.4) is 0 Å². The first kappa shape index (κ1) is 10.1. The van der Waals surface area contributed by atoms with Crippen molar-refractivity contribution in [3.05, 3.63) is 47.1 Å². The number of pyridine rings is 1. The van der Waals surface area contributed by atoms with Crippen molar-refractivity contribution in [3.63, 3.8) is 0 Å². The number of nitrogens with zero attached hydrogens (tertiary/aromatic N) is 1. The lowest BCUT2D eigenvalue weighted by Crippen LogP contribution is -1.92. The molecule has 1 aromatic heterocycles. The number of halogens is 1. The van der Waals surface area contributed by atoms with Gasteiger partial charge in [-0.1, -0.05) is 35.9 Å². The van der Waals surface area contributed by atoms with Crippen molar-refractivity contribution in [1.29, 1.82) is 0 Å². The smallest absolute Gasteiger partial charge is 0.0789 e. The second kappa shape index (κ2) is 4.43. The summed E-state index contributed by atoms with van der Waals surface area (Å²) in [6, 6.07) is 7.76. The van der Waals surface area contributed by atoms with Gasteiger partial charge in [-0.3, -0.25) is 4.98 Å². The van der Waals surface area contributed by atoms with Gasteiger partial charge in [-0.05, 0) is 12.1 Å². The molecule has 0 aliphatic rings. The van der Waals surface area contributed by atoms with Crippen molar-refractivity contribution in [1.82, 2.24) is 4.98 Å². The van der Waals surface area contributed by atoms with Gasteiger partial charge in [0.15, 0.2) is 0 Å². The van der Waals surface area contributed by atoms with Crippen molar-refractivity contribution in [2.24, 2.45) is 5.73 Å². The molecule has 0 spiro atoms. The molecule has 15 heavy (non-hydrogen) atoms. The Morgan fingerprint density at radius 1 is 1.33 bits per heavy atom.